The van der Waals surface area contributed by atoms with Crippen LogP contribution in [0.5, 0.6) is 0 Å². The fraction of sp³-hybridized carbons (Fsp3) is 0.167. The molecule has 0 spiro atoms. The van der Waals surface area contributed by atoms with Crippen molar-refractivity contribution in [3.8, 4) is 22.3 Å². The number of alkyl halides is 6. The number of halogens is 6. The third kappa shape index (κ3) is 7.79. The van der Waals surface area contributed by atoms with Gasteiger partial charge in [0.1, 0.15) is 0 Å². The molecule has 4 aromatic carbocycles. The molecule has 2 nitrogen and oxygen atoms in total. The van der Waals surface area contributed by atoms with E-state index in [9.17, 15) is 26.3 Å². The lowest BCUT2D eigenvalue weighted by molar-refractivity contribution is -0.143. The molecule has 4 aromatic rings. The van der Waals surface area contributed by atoms with Crippen LogP contribution >= 0.6 is 24.8 Å². The fourth-order valence-corrected chi connectivity index (χ4v) is 4.46. The quantitative estimate of drug-likeness (QED) is 0.114. The zero-order valence-corrected chi connectivity index (χ0v) is 22.6. The van der Waals surface area contributed by atoms with Crippen LogP contribution < -0.4 is 10.6 Å². The van der Waals surface area contributed by atoms with Crippen molar-refractivity contribution in [1.29, 1.82) is 0 Å². The van der Waals surface area contributed by atoms with E-state index in [0.717, 1.165) is 40.8 Å². The topological polar surface area (TPSA) is 24.1 Å². The molecule has 2 N–H and O–H groups in total. The molecule has 208 valence electrons. The number of aryl methyl sites for hydroxylation is 1. The average Bonchev–Trinajstić information content (AvgIpc) is 2.91. The highest BCUT2D eigenvalue weighted by atomic mass is 32.1. The molecule has 0 atom stereocenters. The highest BCUT2D eigenvalue weighted by Crippen LogP contribution is 2.37. The lowest BCUT2D eigenvalue weighted by atomic mass is 9.99. The Kier molecular flexibility index (Phi) is 9.10. The van der Waals surface area contributed by atoms with Crippen LogP contribution in [-0.4, -0.2) is 10.9 Å². The van der Waals surface area contributed by atoms with Crippen LogP contribution in [0.1, 0.15) is 23.1 Å². The summed E-state index contributed by atoms with van der Waals surface area (Å²) in [5.74, 6) is 0.857. The van der Waals surface area contributed by atoms with Crippen LogP contribution in [0.4, 0.5) is 37.7 Å². The molecule has 0 aliphatic heterocycles. The van der Waals surface area contributed by atoms with E-state index < -0.39 is 29.2 Å². The molecule has 0 saturated heterocycles. The maximum Gasteiger partial charge on any atom is 0.416 e. The molecule has 40 heavy (non-hydrogen) atoms. The summed E-state index contributed by atoms with van der Waals surface area (Å²) in [5.41, 5.74) is 2.61. The van der Waals surface area contributed by atoms with Gasteiger partial charge in [0.15, 0.2) is 5.11 Å². The monoisotopic (exact) mass is 590 g/mol. The largest absolute Gasteiger partial charge is 0.416 e. The van der Waals surface area contributed by atoms with Crippen molar-refractivity contribution >= 4 is 41.3 Å². The Morgan fingerprint density at radius 2 is 1.00 bits per heavy atom. The van der Waals surface area contributed by atoms with Gasteiger partial charge in [-0.2, -0.15) is 39.0 Å². The van der Waals surface area contributed by atoms with Gasteiger partial charge in [-0.05, 0) is 89.0 Å². The van der Waals surface area contributed by atoms with Gasteiger partial charge >= 0.3 is 12.4 Å². The molecule has 0 aromatic heterocycles. The standard InChI is InChI=1S/C30H24F6N2S2/c31-29(32,33)24-16-25(30(34,35)36)18-27(17-24)38-28(40)37-26-13-11-23(12-14-26)22-9-7-21(8-10-22)20-5-3-19(4-6-20)2-1-15-39/h3-14,16-18,39H,1-2,15H2,(H2,37,38,40). The predicted molar refractivity (Wildman–Crippen MR) is 156 cm³/mol. The number of hydrogen-bond acceptors (Lipinski definition) is 2. The van der Waals surface area contributed by atoms with E-state index in [2.05, 4.69) is 47.5 Å². The lowest BCUT2D eigenvalue weighted by Gasteiger charge is -2.16. The first kappa shape index (κ1) is 29.5. The Hall–Kier alpha value is -3.50. The molecule has 0 saturated carbocycles. The summed E-state index contributed by atoms with van der Waals surface area (Å²) in [5, 5.41) is 5.05. The van der Waals surface area contributed by atoms with E-state index in [-0.39, 0.29) is 11.2 Å². The average molecular weight is 591 g/mol. The minimum atomic E-state index is -4.95. The van der Waals surface area contributed by atoms with Crippen LogP contribution in [-0.2, 0) is 18.8 Å². The second-order valence-corrected chi connectivity index (χ2v) is 9.91. The molecular weight excluding hydrogens is 566 g/mol. The van der Waals surface area contributed by atoms with Crippen molar-refractivity contribution in [3.63, 3.8) is 0 Å². The minimum absolute atomic E-state index is 0.0643. The Bertz CT molecular complexity index is 1410. The number of thiocarbonyl (C=S) groups is 1. The molecular formula is C30H24F6N2S2. The van der Waals surface area contributed by atoms with Gasteiger partial charge in [-0.3, -0.25) is 0 Å². The molecule has 0 aliphatic carbocycles. The maximum atomic E-state index is 13.1. The molecule has 0 radical (unpaired) electrons. The van der Waals surface area contributed by atoms with Crippen LogP contribution in [0.15, 0.2) is 91.0 Å². The van der Waals surface area contributed by atoms with Crippen LogP contribution in [0.3, 0.4) is 0 Å². The fourth-order valence-electron chi connectivity index (χ4n) is 4.07. The van der Waals surface area contributed by atoms with Gasteiger partial charge in [-0.15, -0.1) is 0 Å². The van der Waals surface area contributed by atoms with Crippen molar-refractivity contribution in [3.05, 3.63) is 108 Å². The van der Waals surface area contributed by atoms with Crippen molar-refractivity contribution < 1.29 is 26.3 Å². The van der Waals surface area contributed by atoms with Crippen molar-refractivity contribution in [2.75, 3.05) is 16.4 Å². The van der Waals surface area contributed by atoms with Crippen molar-refractivity contribution in [2.24, 2.45) is 0 Å². The van der Waals surface area contributed by atoms with Gasteiger partial charge in [0, 0.05) is 11.4 Å². The van der Waals surface area contributed by atoms with E-state index in [1.165, 1.54) is 5.56 Å². The van der Waals surface area contributed by atoms with Gasteiger partial charge in [-0.25, -0.2) is 0 Å². The Morgan fingerprint density at radius 1 is 0.600 bits per heavy atom. The third-order valence-corrected chi connectivity index (χ3v) is 6.64. The highest BCUT2D eigenvalue weighted by Gasteiger charge is 2.37. The number of benzene rings is 4. The van der Waals surface area contributed by atoms with E-state index >= 15 is 0 Å². The summed E-state index contributed by atoms with van der Waals surface area (Å²) in [6, 6.07) is 24.9. The van der Waals surface area contributed by atoms with E-state index in [4.69, 9.17) is 12.2 Å². The summed E-state index contributed by atoms with van der Waals surface area (Å²) in [4.78, 5) is 0. The highest BCUT2D eigenvalue weighted by molar-refractivity contribution is 7.80. The van der Waals surface area contributed by atoms with Gasteiger partial charge in [0.25, 0.3) is 0 Å². The Labute approximate surface area is 238 Å². The second kappa shape index (κ2) is 12.3. The first-order valence-electron chi connectivity index (χ1n) is 12.2. The molecule has 0 bridgehead atoms. The smallest absolute Gasteiger partial charge is 0.332 e. The number of hydrogen-bond donors (Lipinski definition) is 3. The van der Waals surface area contributed by atoms with Gasteiger partial charge in [0.2, 0.25) is 0 Å². The summed E-state index contributed by atoms with van der Waals surface area (Å²) in [7, 11) is 0. The Balaban J connectivity index is 1.41. The summed E-state index contributed by atoms with van der Waals surface area (Å²) >= 11 is 9.37. The summed E-state index contributed by atoms with van der Waals surface area (Å²) in [6.45, 7) is 0. The van der Waals surface area contributed by atoms with Crippen LogP contribution in [0.25, 0.3) is 22.3 Å². The predicted octanol–water partition coefficient (Wildman–Crippen LogP) is 9.73. The first-order valence-corrected chi connectivity index (χ1v) is 13.2. The van der Waals surface area contributed by atoms with E-state index in [1.807, 2.05) is 36.4 Å². The third-order valence-electron chi connectivity index (χ3n) is 6.12. The molecule has 0 amide bonds. The maximum absolute atomic E-state index is 13.1. The second-order valence-electron chi connectivity index (χ2n) is 9.05. The summed E-state index contributed by atoms with van der Waals surface area (Å²) < 4.78 is 78.7. The molecule has 4 rings (SSSR count). The normalized spacial score (nSPS) is 11.8. The summed E-state index contributed by atoms with van der Waals surface area (Å²) in [6.07, 6.45) is -7.86. The number of thiol groups is 1. The van der Waals surface area contributed by atoms with Crippen LogP contribution in [0.2, 0.25) is 0 Å². The molecule has 0 unspecified atom stereocenters. The zero-order chi connectivity index (χ0) is 28.9. The number of anilines is 2. The lowest BCUT2D eigenvalue weighted by Crippen LogP contribution is -2.20. The van der Waals surface area contributed by atoms with E-state index in [1.54, 1.807) is 12.1 Å². The first-order chi connectivity index (χ1) is 18.9. The SMILES string of the molecule is FC(F)(F)c1cc(NC(=S)Nc2ccc(-c3ccc(-c4ccc(CCCS)cc4)cc3)cc2)cc(C(F)(F)F)c1. The Morgan fingerprint density at radius 3 is 1.43 bits per heavy atom. The molecule has 0 aliphatic rings. The zero-order valence-electron chi connectivity index (χ0n) is 20.9. The number of rotatable bonds is 7. The van der Waals surface area contributed by atoms with Crippen LogP contribution in [0, 0.1) is 0 Å². The molecule has 0 fully saturated rings. The van der Waals surface area contributed by atoms with Crippen molar-refractivity contribution in [1.82, 2.24) is 0 Å². The van der Waals surface area contributed by atoms with Gasteiger partial charge in [0.05, 0.1) is 11.1 Å². The van der Waals surface area contributed by atoms with Crippen molar-refractivity contribution in [2.45, 2.75) is 25.2 Å². The number of nitrogens with one attached hydrogen (secondary N) is 2. The minimum Gasteiger partial charge on any atom is -0.332 e. The molecule has 0 heterocycles. The van der Waals surface area contributed by atoms with Gasteiger partial charge in [-0.1, -0.05) is 60.7 Å². The van der Waals surface area contributed by atoms with E-state index in [0.29, 0.717) is 17.8 Å². The molecule has 10 heteroatoms. The van der Waals surface area contributed by atoms with Gasteiger partial charge < -0.3 is 10.6 Å².